The fourth-order valence-electron chi connectivity index (χ4n) is 1.84. The van der Waals surface area contributed by atoms with Gasteiger partial charge in [-0.1, -0.05) is 65.5 Å². The Morgan fingerprint density at radius 2 is 1.25 bits per heavy atom. The summed E-state index contributed by atoms with van der Waals surface area (Å²) in [5.41, 5.74) is 1.31. The number of carbonyl (C=O) groups is 2. The average molecular weight is 384 g/mol. The van der Waals surface area contributed by atoms with Gasteiger partial charge in [-0.25, -0.2) is 4.98 Å². The van der Waals surface area contributed by atoms with E-state index in [1.165, 1.54) is 12.1 Å². The Morgan fingerprint density at radius 1 is 0.714 bits per heavy atom. The number of rotatable bonds is 2. The number of aromatic carboxylic acids is 2. The minimum atomic E-state index is -1.24. The van der Waals surface area contributed by atoms with E-state index in [1.807, 2.05) is 45.9 Å². The SMILES string of the molecule is C.CC.CC.Cc1cccc(C(=O)[O-])n1.O=C([O-])c1ccc2ccccc2n1. The van der Waals surface area contributed by atoms with Crippen molar-refractivity contribution < 1.29 is 19.8 Å². The number of hydrogen-bond acceptors (Lipinski definition) is 6. The van der Waals surface area contributed by atoms with E-state index in [-0.39, 0.29) is 18.8 Å². The molecular weight excluding hydrogens is 356 g/mol. The lowest BCUT2D eigenvalue weighted by molar-refractivity contribution is -0.256. The second-order valence-electron chi connectivity index (χ2n) is 4.63. The first-order valence-corrected chi connectivity index (χ1v) is 8.69. The van der Waals surface area contributed by atoms with Crippen LogP contribution in [0.3, 0.4) is 0 Å². The van der Waals surface area contributed by atoms with Gasteiger partial charge in [-0.05, 0) is 31.2 Å². The van der Waals surface area contributed by atoms with Crippen LogP contribution in [0, 0.1) is 6.92 Å². The van der Waals surface area contributed by atoms with Crippen LogP contribution in [-0.2, 0) is 0 Å². The van der Waals surface area contributed by atoms with Gasteiger partial charge in [0.1, 0.15) is 0 Å². The highest BCUT2D eigenvalue weighted by atomic mass is 16.4. The summed E-state index contributed by atoms with van der Waals surface area (Å²) in [5.74, 6) is -2.48. The highest BCUT2D eigenvalue weighted by molar-refractivity contribution is 5.88. The van der Waals surface area contributed by atoms with Gasteiger partial charge in [-0.3, -0.25) is 4.98 Å². The van der Waals surface area contributed by atoms with E-state index < -0.39 is 11.9 Å². The summed E-state index contributed by atoms with van der Waals surface area (Å²) in [5, 5.41) is 21.6. The molecule has 152 valence electrons. The molecule has 0 amide bonds. The number of fused-ring (bicyclic) bond motifs is 1. The summed E-state index contributed by atoms with van der Waals surface area (Å²) in [6, 6.07) is 15.3. The van der Waals surface area contributed by atoms with Crippen molar-refractivity contribution in [2.45, 2.75) is 42.0 Å². The normalized spacial score (nSPS) is 8.46. The van der Waals surface area contributed by atoms with Crippen molar-refractivity contribution in [1.82, 2.24) is 9.97 Å². The van der Waals surface area contributed by atoms with Crippen LogP contribution in [0.1, 0.15) is 61.8 Å². The Hall–Kier alpha value is -3.28. The zero-order valence-electron chi connectivity index (χ0n) is 16.2. The topological polar surface area (TPSA) is 106 Å². The molecule has 0 spiro atoms. The molecule has 28 heavy (non-hydrogen) atoms. The summed E-state index contributed by atoms with van der Waals surface area (Å²) in [7, 11) is 0. The first-order chi connectivity index (χ1) is 13.0. The summed E-state index contributed by atoms with van der Waals surface area (Å²) < 4.78 is 0. The molecular formula is C22H28N2O4-2. The number of hydrogen-bond donors (Lipinski definition) is 0. The van der Waals surface area contributed by atoms with Gasteiger partial charge in [0.2, 0.25) is 0 Å². The second kappa shape index (κ2) is 14.8. The number of nitrogens with zero attached hydrogens (tertiary/aromatic N) is 2. The molecule has 0 N–H and O–H groups in total. The molecule has 6 nitrogen and oxygen atoms in total. The highest BCUT2D eigenvalue weighted by Crippen LogP contribution is 2.10. The van der Waals surface area contributed by atoms with Gasteiger partial charge < -0.3 is 19.8 Å². The maximum absolute atomic E-state index is 10.5. The monoisotopic (exact) mass is 384 g/mol. The van der Waals surface area contributed by atoms with Gasteiger partial charge in [-0.15, -0.1) is 0 Å². The Morgan fingerprint density at radius 3 is 1.75 bits per heavy atom. The molecule has 0 aliphatic rings. The van der Waals surface area contributed by atoms with Gasteiger partial charge in [-0.2, -0.15) is 0 Å². The molecule has 2 heterocycles. The first-order valence-electron chi connectivity index (χ1n) is 8.69. The highest BCUT2D eigenvalue weighted by Gasteiger charge is 1.97. The minimum absolute atomic E-state index is 0. The van der Waals surface area contributed by atoms with Gasteiger partial charge in [0.25, 0.3) is 0 Å². The predicted octanol–water partition coefficient (Wildman–Crippen LogP) is 3.04. The summed E-state index contributed by atoms with van der Waals surface area (Å²) in [4.78, 5) is 28.3. The quantitative estimate of drug-likeness (QED) is 0.672. The van der Waals surface area contributed by atoms with E-state index in [2.05, 4.69) is 9.97 Å². The van der Waals surface area contributed by atoms with Crippen molar-refractivity contribution >= 4 is 22.8 Å². The van der Waals surface area contributed by atoms with E-state index in [0.29, 0.717) is 11.2 Å². The Bertz CT molecular complexity index is 864. The van der Waals surface area contributed by atoms with E-state index in [1.54, 1.807) is 31.2 Å². The van der Waals surface area contributed by atoms with Crippen LogP contribution in [0.25, 0.3) is 10.9 Å². The average Bonchev–Trinajstić information content (AvgIpc) is 2.71. The molecule has 3 rings (SSSR count). The van der Waals surface area contributed by atoms with Crippen molar-refractivity contribution in [1.29, 1.82) is 0 Å². The van der Waals surface area contributed by atoms with E-state index in [4.69, 9.17) is 0 Å². The van der Waals surface area contributed by atoms with Crippen LogP contribution in [0.4, 0.5) is 0 Å². The van der Waals surface area contributed by atoms with Crippen LogP contribution < -0.4 is 10.2 Å². The van der Waals surface area contributed by atoms with Gasteiger partial charge >= 0.3 is 0 Å². The lowest BCUT2D eigenvalue weighted by atomic mass is 10.2. The maximum Gasteiger partial charge on any atom is 0.0900 e. The summed E-state index contributed by atoms with van der Waals surface area (Å²) in [6.45, 7) is 9.73. The van der Waals surface area contributed by atoms with Crippen LogP contribution in [0.2, 0.25) is 0 Å². The molecule has 0 saturated carbocycles. The van der Waals surface area contributed by atoms with Gasteiger partial charge in [0.05, 0.1) is 28.8 Å². The number of para-hydroxylation sites is 1. The van der Waals surface area contributed by atoms with Crippen LogP contribution >= 0.6 is 0 Å². The molecule has 0 atom stereocenters. The van der Waals surface area contributed by atoms with Gasteiger partial charge in [0, 0.05) is 11.1 Å². The predicted molar refractivity (Wildman–Crippen MR) is 109 cm³/mol. The van der Waals surface area contributed by atoms with E-state index in [9.17, 15) is 19.8 Å². The van der Waals surface area contributed by atoms with Gasteiger partial charge in [0.15, 0.2) is 0 Å². The van der Waals surface area contributed by atoms with Crippen molar-refractivity contribution in [3.8, 4) is 0 Å². The molecule has 0 radical (unpaired) electrons. The fourth-order valence-corrected chi connectivity index (χ4v) is 1.84. The van der Waals surface area contributed by atoms with Crippen LogP contribution in [0.5, 0.6) is 0 Å². The largest absolute Gasteiger partial charge is 0.543 e. The molecule has 0 saturated heterocycles. The zero-order chi connectivity index (χ0) is 20.8. The van der Waals surface area contributed by atoms with Crippen molar-refractivity contribution in [3.63, 3.8) is 0 Å². The molecule has 0 bridgehead atoms. The van der Waals surface area contributed by atoms with E-state index >= 15 is 0 Å². The smallest absolute Gasteiger partial charge is 0.0900 e. The molecule has 0 aliphatic carbocycles. The van der Waals surface area contributed by atoms with Crippen LogP contribution in [0.15, 0.2) is 54.6 Å². The van der Waals surface area contributed by atoms with Crippen LogP contribution in [-0.4, -0.2) is 21.9 Å². The molecule has 3 aromatic rings. The lowest BCUT2D eigenvalue weighted by Gasteiger charge is -2.02. The summed E-state index contributed by atoms with van der Waals surface area (Å²) >= 11 is 0. The number of pyridine rings is 2. The number of carbonyl (C=O) groups excluding carboxylic acids is 2. The number of carboxylic acid groups (broad SMARTS) is 2. The Labute approximate surface area is 166 Å². The lowest BCUT2D eigenvalue weighted by Crippen LogP contribution is -2.23. The molecule has 0 aliphatic heterocycles. The minimum Gasteiger partial charge on any atom is -0.543 e. The number of aryl methyl sites for hydroxylation is 1. The molecule has 2 aromatic heterocycles. The van der Waals surface area contributed by atoms with E-state index in [0.717, 1.165) is 5.39 Å². The third-order valence-corrected chi connectivity index (χ3v) is 2.91. The Balaban J connectivity index is 0. The third kappa shape index (κ3) is 8.89. The number of aromatic nitrogens is 2. The molecule has 0 unspecified atom stereocenters. The first kappa shape index (κ1) is 26.9. The third-order valence-electron chi connectivity index (χ3n) is 2.91. The number of benzene rings is 1. The molecule has 6 heteroatoms. The molecule has 1 aromatic carbocycles. The second-order valence-corrected chi connectivity index (χ2v) is 4.63. The summed E-state index contributed by atoms with van der Waals surface area (Å²) in [6.07, 6.45) is 0. The maximum atomic E-state index is 10.5. The van der Waals surface area contributed by atoms with Crippen molar-refractivity contribution in [2.24, 2.45) is 0 Å². The fraction of sp³-hybridized carbons (Fsp3) is 0.273. The molecule has 0 fully saturated rings. The Kier molecular flexibility index (Phi) is 14.3. The zero-order valence-corrected chi connectivity index (χ0v) is 16.2. The van der Waals surface area contributed by atoms with Crippen molar-refractivity contribution in [2.75, 3.05) is 0 Å². The standard InChI is InChI=1S/C10H7NO2.C7H7NO2.2C2H6.CH4/c12-10(13)9-6-5-7-3-1-2-4-8(7)11-9;1-5-3-2-4-6(8-5)7(9)10;2*1-2;/h1-6H,(H,12,13);2-4H,1H3,(H,9,10);2*1-2H3;1H4/p-2. The van der Waals surface area contributed by atoms with Crippen molar-refractivity contribution in [3.05, 3.63) is 71.7 Å². The number of carboxylic acids is 2.